The summed E-state index contributed by atoms with van der Waals surface area (Å²) in [4.78, 5) is 3.36. The minimum atomic E-state index is 0.801. The minimum absolute atomic E-state index is 0.801. The highest BCUT2D eigenvalue weighted by Crippen LogP contribution is 2.39. The third-order valence-corrected chi connectivity index (χ3v) is 5.12. The van der Waals surface area contributed by atoms with E-state index in [2.05, 4.69) is 29.3 Å². The van der Waals surface area contributed by atoms with Crippen molar-refractivity contribution >= 4 is 17.6 Å². The average molecular weight is 388 g/mol. The van der Waals surface area contributed by atoms with Crippen molar-refractivity contribution in [3.05, 3.63) is 48.0 Å². The van der Waals surface area contributed by atoms with Crippen LogP contribution in [0.25, 0.3) is 0 Å². The van der Waals surface area contributed by atoms with Gasteiger partial charge < -0.3 is 14.8 Å². The van der Waals surface area contributed by atoms with Gasteiger partial charge in [0.15, 0.2) is 5.75 Å². The van der Waals surface area contributed by atoms with E-state index >= 15 is 0 Å². The first-order chi connectivity index (χ1) is 13.3. The second-order valence-corrected chi connectivity index (χ2v) is 7.35. The van der Waals surface area contributed by atoms with Crippen molar-refractivity contribution < 1.29 is 9.47 Å². The average Bonchev–Trinajstić information content (AvgIpc) is 2.71. The minimum Gasteiger partial charge on any atom is -0.454 e. The summed E-state index contributed by atoms with van der Waals surface area (Å²) in [6.07, 6.45) is 2.26. The molecule has 0 aromatic heterocycles. The highest BCUT2D eigenvalue weighted by molar-refractivity contribution is 7.97. The van der Waals surface area contributed by atoms with E-state index in [1.165, 1.54) is 17.5 Å². The summed E-state index contributed by atoms with van der Waals surface area (Å²) in [6.45, 7) is 7.53. The molecule has 0 aliphatic carbocycles. The van der Waals surface area contributed by atoms with Crippen LogP contribution in [-0.2, 0) is 11.3 Å². The second kappa shape index (κ2) is 10.6. The van der Waals surface area contributed by atoms with Crippen LogP contribution in [0.2, 0.25) is 0 Å². The van der Waals surface area contributed by atoms with Crippen LogP contribution in [0.15, 0.2) is 47.4 Å². The quantitative estimate of drug-likeness (QED) is 0.488. The van der Waals surface area contributed by atoms with E-state index in [1.807, 2.05) is 30.3 Å². The molecule has 146 valence electrons. The Morgan fingerprint density at radius 2 is 1.96 bits per heavy atom. The molecule has 1 heterocycles. The van der Waals surface area contributed by atoms with Gasteiger partial charge in [-0.15, -0.1) is 0 Å². The molecule has 5 nitrogen and oxygen atoms in total. The summed E-state index contributed by atoms with van der Waals surface area (Å²) in [6, 6.07) is 14.2. The van der Waals surface area contributed by atoms with Gasteiger partial charge in [0.05, 0.1) is 23.8 Å². The van der Waals surface area contributed by atoms with Crippen LogP contribution < -0.4 is 15.2 Å². The Bertz CT molecular complexity index is 706. The van der Waals surface area contributed by atoms with Crippen molar-refractivity contribution in [3.8, 4) is 11.5 Å². The maximum Gasteiger partial charge on any atom is 0.165 e. The molecule has 3 N–H and O–H groups in total. The molecular weight excluding hydrogens is 358 g/mol. The standard InChI is InChI=1S/C21H29N3O2S/c1-2-3-9-23-19-14-17(16-24-10-12-25-13-11-24)15-20(27-22)21(19)26-18-7-5-4-6-8-18/h4-8,14-15,23H,2-3,9-13,16,22H2,1H3. The fraction of sp³-hybridized carbons (Fsp3) is 0.429. The lowest BCUT2D eigenvalue weighted by Crippen LogP contribution is -2.35. The van der Waals surface area contributed by atoms with Crippen LogP contribution in [0.1, 0.15) is 25.3 Å². The lowest BCUT2D eigenvalue weighted by Gasteiger charge is -2.27. The third kappa shape index (κ3) is 5.87. The number of morpholine rings is 1. The van der Waals surface area contributed by atoms with Gasteiger partial charge in [-0.05, 0) is 48.2 Å². The van der Waals surface area contributed by atoms with Crippen LogP contribution >= 0.6 is 11.9 Å². The van der Waals surface area contributed by atoms with E-state index in [1.54, 1.807) is 0 Å². The molecule has 2 aromatic carbocycles. The topological polar surface area (TPSA) is 59.8 Å². The Kier molecular flexibility index (Phi) is 7.83. The van der Waals surface area contributed by atoms with E-state index in [0.29, 0.717) is 0 Å². The number of unbranched alkanes of at least 4 members (excludes halogenated alkanes) is 1. The van der Waals surface area contributed by atoms with E-state index in [0.717, 1.165) is 74.3 Å². The molecule has 1 saturated heterocycles. The van der Waals surface area contributed by atoms with Gasteiger partial charge in [0.25, 0.3) is 0 Å². The van der Waals surface area contributed by atoms with Crippen molar-refractivity contribution in [2.75, 3.05) is 38.2 Å². The van der Waals surface area contributed by atoms with Crippen molar-refractivity contribution in [1.29, 1.82) is 0 Å². The first-order valence-corrected chi connectivity index (χ1v) is 10.5. The Morgan fingerprint density at radius 1 is 1.19 bits per heavy atom. The number of benzene rings is 2. The van der Waals surface area contributed by atoms with Crippen molar-refractivity contribution in [2.24, 2.45) is 5.14 Å². The fourth-order valence-electron chi connectivity index (χ4n) is 3.10. The van der Waals surface area contributed by atoms with E-state index < -0.39 is 0 Å². The smallest absolute Gasteiger partial charge is 0.165 e. The third-order valence-electron chi connectivity index (χ3n) is 4.56. The monoisotopic (exact) mass is 387 g/mol. The first-order valence-electron chi connectivity index (χ1n) is 9.60. The Hall–Kier alpha value is -1.73. The van der Waals surface area contributed by atoms with Crippen molar-refractivity contribution in [3.63, 3.8) is 0 Å². The zero-order valence-corrected chi connectivity index (χ0v) is 16.8. The maximum absolute atomic E-state index is 6.21. The highest BCUT2D eigenvalue weighted by Gasteiger charge is 2.16. The van der Waals surface area contributed by atoms with Gasteiger partial charge in [0.2, 0.25) is 0 Å². The summed E-state index contributed by atoms with van der Waals surface area (Å²) >= 11 is 1.24. The van der Waals surface area contributed by atoms with Crippen LogP contribution in [0, 0.1) is 0 Å². The molecule has 0 amide bonds. The highest BCUT2D eigenvalue weighted by atomic mass is 32.2. The largest absolute Gasteiger partial charge is 0.454 e. The van der Waals surface area contributed by atoms with Gasteiger partial charge in [-0.3, -0.25) is 10.0 Å². The Morgan fingerprint density at radius 3 is 2.67 bits per heavy atom. The van der Waals surface area contributed by atoms with Crippen LogP contribution in [0.3, 0.4) is 0 Å². The molecule has 0 radical (unpaired) electrons. The number of nitrogens with zero attached hydrogens (tertiary/aromatic N) is 1. The van der Waals surface area contributed by atoms with Gasteiger partial charge in [-0.2, -0.15) is 0 Å². The second-order valence-electron chi connectivity index (χ2n) is 6.67. The summed E-state index contributed by atoms with van der Waals surface area (Å²) < 4.78 is 11.7. The molecule has 2 aromatic rings. The number of rotatable bonds is 9. The lowest BCUT2D eigenvalue weighted by molar-refractivity contribution is 0.0341. The van der Waals surface area contributed by atoms with E-state index in [4.69, 9.17) is 14.6 Å². The normalized spacial score (nSPS) is 14.9. The summed E-state index contributed by atoms with van der Waals surface area (Å²) in [5, 5.41) is 9.56. The van der Waals surface area contributed by atoms with Crippen LogP contribution in [0.5, 0.6) is 11.5 Å². The fourth-order valence-corrected chi connectivity index (χ4v) is 3.58. The molecule has 0 unspecified atom stereocenters. The molecule has 1 fully saturated rings. The zero-order chi connectivity index (χ0) is 18.9. The van der Waals surface area contributed by atoms with Gasteiger partial charge >= 0.3 is 0 Å². The van der Waals surface area contributed by atoms with Gasteiger partial charge in [0, 0.05) is 26.2 Å². The first kappa shape index (κ1) is 20.0. The number of nitrogens with two attached hydrogens (primary N) is 1. The number of hydrogen-bond acceptors (Lipinski definition) is 6. The number of ether oxygens (including phenoxy) is 2. The molecule has 1 aliphatic heterocycles. The predicted molar refractivity (Wildman–Crippen MR) is 112 cm³/mol. The van der Waals surface area contributed by atoms with Gasteiger partial charge in [0.1, 0.15) is 5.75 Å². The van der Waals surface area contributed by atoms with Gasteiger partial charge in [-0.1, -0.05) is 31.5 Å². The van der Waals surface area contributed by atoms with Crippen LogP contribution in [-0.4, -0.2) is 37.7 Å². The van der Waals surface area contributed by atoms with E-state index in [9.17, 15) is 0 Å². The summed E-state index contributed by atoms with van der Waals surface area (Å²) in [5.41, 5.74) is 2.25. The number of anilines is 1. The number of nitrogens with one attached hydrogen (secondary N) is 1. The summed E-state index contributed by atoms with van der Waals surface area (Å²) in [5.74, 6) is 1.61. The Balaban J connectivity index is 1.86. The number of para-hydroxylation sites is 1. The summed E-state index contributed by atoms with van der Waals surface area (Å²) in [7, 11) is 0. The molecule has 0 bridgehead atoms. The van der Waals surface area contributed by atoms with E-state index in [-0.39, 0.29) is 0 Å². The van der Waals surface area contributed by atoms with Gasteiger partial charge in [-0.25, -0.2) is 0 Å². The SMILES string of the molecule is CCCCNc1cc(CN2CCOCC2)cc(SN)c1Oc1ccccc1. The molecule has 1 aliphatic rings. The zero-order valence-electron chi connectivity index (χ0n) is 15.9. The molecule has 3 rings (SSSR count). The van der Waals surface area contributed by atoms with Crippen molar-refractivity contribution in [1.82, 2.24) is 4.90 Å². The molecular formula is C21H29N3O2S. The van der Waals surface area contributed by atoms with Crippen LogP contribution in [0.4, 0.5) is 5.69 Å². The molecule has 0 atom stereocenters. The molecule has 0 spiro atoms. The predicted octanol–water partition coefficient (Wildman–Crippen LogP) is 4.49. The Labute approximate surface area is 166 Å². The lowest BCUT2D eigenvalue weighted by atomic mass is 10.1. The molecule has 6 heteroatoms. The molecule has 0 saturated carbocycles. The van der Waals surface area contributed by atoms with Crippen molar-refractivity contribution in [2.45, 2.75) is 31.2 Å². The molecule has 27 heavy (non-hydrogen) atoms. The number of hydrogen-bond donors (Lipinski definition) is 2. The maximum atomic E-state index is 6.21.